The van der Waals surface area contributed by atoms with Gasteiger partial charge in [0.2, 0.25) is 0 Å². The zero-order chi connectivity index (χ0) is 13.9. The van der Waals surface area contributed by atoms with Crippen molar-refractivity contribution in [2.45, 2.75) is 35.5 Å². The first-order chi connectivity index (χ1) is 9.76. The summed E-state index contributed by atoms with van der Waals surface area (Å²) in [4.78, 5) is 2.61. The second-order valence-electron chi connectivity index (χ2n) is 5.18. The SMILES string of the molecule is NCCc1ccc(Sc2ccc3c(c2)CCC3)cc1Br. The lowest BCUT2D eigenvalue weighted by molar-refractivity contribution is 0.911. The molecule has 0 radical (unpaired) electrons. The van der Waals surface area contributed by atoms with Crippen LogP contribution >= 0.6 is 27.7 Å². The van der Waals surface area contributed by atoms with Gasteiger partial charge in [0, 0.05) is 14.3 Å². The number of hydrogen-bond donors (Lipinski definition) is 1. The number of aryl methyl sites for hydroxylation is 2. The van der Waals surface area contributed by atoms with Gasteiger partial charge in [-0.1, -0.05) is 39.8 Å². The van der Waals surface area contributed by atoms with Crippen LogP contribution < -0.4 is 5.73 Å². The molecule has 2 N–H and O–H groups in total. The van der Waals surface area contributed by atoms with Gasteiger partial charge in [0.1, 0.15) is 0 Å². The molecule has 1 aliphatic rings. The van der Waals surface area contributed by atoms with E-state index in [2.05, 4.69) is 52.3 Å². The molecule has 0 saturated heterocycles. The van der Waals surface area contributed by atoms with Gasteiger partial charge in [0.15, 0.2) is 0 Å². The molecule has 0 fully saturated rings. The van der Waals surface area contributed by atoms with E-state index >= 15 is 0 Å². The Morgan fingerprint density at radius 2 is 1.75 bits per heavy atom. The highest BCUT2D eigenvalue weighted by atomic mass is 79.9. The predicted molar refractivity (Wildman–Crippen MR) is 89.5 cm³/mol. The highest BCUT2D eigenvalue weighted by molar-refractivity contribution is 9.10. The first-order valence-electron chi connectivity index (χ1n) is 7.04. The van der Waals surface area contributed by atoms with Gasteiger partial charge in [0.05, 0.1) is 0 Å². The van der Waals surface area contributed by atoms with E-state index in [0.29, 0.717) is 6.54 Å². The van der Waals surface area contributed by atoms with Gasteiger partial charge in [0.25, 0.3) is 0 Å². The highest BCUT2D eigenvalue weighted by Gasteiger charge is 2.11. The van der Waals surface area contributed by atoms with Crippen LogP contribution in [0.2, 0.25) is 0 Å². The Morgan fingerprint density at radius 3 is 2.55 bits per heavy atom. The van der Waals surface area contributed by atoms with Gasteiger partial charge < -0.3 is 5.73 Å². The molecule has 3 heteroatoms. The molecule has 0 unspecified atom stereocenters. The summed E-state index contributed by atoms with van der Waals surface area (Å²) in [5.74, 6) is 0. The van der Waals surface area contributed by atoms with Crippen molar-refractivity contribution in [3.05, 3.63) is 57.6 Å². The Balaban J connectivity index is 1.79. The van der Waals surface area contributed by atoms with E-state index < -0.39 is 0 Å². The van der Waals surface area contributed by atoms with Crippen LogP contribution in [0.25, 0.3) is 0 Å². The highest BCUT2D eigenvalue weighted by Crippen LogP contribution is 2.34. The zero-order valence-electron chi connectivity index (χ0n) is 11.4. The molecule has 0 heterocycles. The largest absolute Gasteiger partial charge is 0.330 e. The molecule has 2 aromatic rings. The molecule has 0 saturated carbocycles. The molecule has 0 aromatic heterocycles. The number of benzene rings is 2. The van der Waals surface area contributed by atoms with E-state index in [-0.39, 0.29) is 0 Å². The van der Waals surface area contributed by atoms with Crippen molar-refractivity contribution in [1.29, 1.82) is 0 Å². The van der Waals surface area contributed by atoms with Crippen LogP contribution in [0.15, 0.2) is 50.7 Å². The predicted octanol–water partition coefficient (Wildman–Crippen LogP) is 4.59. The summed E-state index contributed by atoms with van der Waals surface area (Å²) in [6.45, 7) is 0.690. The average Bonchev–Trinajstić information content (AvgIpc) is 2.89. The third-order valence-electron chi connectivity index (χ3n) is 3.74. The first-order valence-corrected chi connectivity index (χ1v) is 8.65. The normalized spacial score (nSPS) is 13.5. The fourth-order valence-electron chi connectivity index (χ4n) is 2.70. The van der Waals surface area contributed by atoms with Crippen molar-refractivity contribution in [3.63, 3.8) is 0 Å². The van der Waals surface area contributed by atoms with Crippen molar-refractivity contribution in [1.82, 2.24) is 0 Å². The lowest BCUT2D eigenvalue weighted by Crippen LogP contribution is -2.03. The lowest BCUT2D eigenvalue weighted by atomic mass is 10.1. The minimum atomic E-state index is 0.690. The van der Waals surface area contributed by atoms with Crippen LogP contribution in [0, 0.1) is 0 Å². The fraction of sp³-hybridized carbons (Fsp3) is 0.294. The standard InChI is InChI=1S/C17H18BrNS/c18-17-11-16(7-5-13(17)8-9-19)20-15-6-4-12-2-1-3-14(12)10-15/h4-7,10-11H,1-3,8-9,19H2. The molecule has 104 valence electrons. The Hall–Kier alpha value is -0.770. The first kappa shape index (κ1) is 14.2. The van der Waals surface area contributed by atoms with Crippen LogP contribution in [0.4, 0.5) is 0 Å². The maximum Gasteiger partial charge on any atom is 0.0219 e. The van der Waals surface area contributed by atoms with E-state index in [1.54, 1.807) is 0 Å². The second kappa shape index (κ2) is 6.33. The number of nitrogens with two attached hydrogens (primary N) is 1. The third kappa shape index (κ3) is 3.11. The summed E-state index contributed by atoms with van der Waals surface area (Å²) in [5.41, 5.74) is 9.97. The van der Waals surface area contributed by atoms with Crippen molar-refractivity contribution in [2.75, 3.05) is 6.54 Å². The summed E-state index contributed by atoms with van der Waals surface area (Å²) in [5, 5.41) is 0. The maximum atomic E-state index is 5.62. The van der Waals surface area contributed by atoms with E-state index in [4.69, 9.17) is 5.73 Å². The zero-order valence-corrected chi connectivity index (χ0v) is 13.8. The van der Waals surface area contributed by atoms with Crippen LogP contribution in [0.5, 0.6) is 0 Å². The average molecular weight is 348 g/mol. The van der Waals surface area contributed by atoms with Gasteiger partial charge in [-0.25, -0.2) is 0 Å². The Kier molecular flexibility index (Phi) is 4.49. The van der Waals surface area contributed by atoms with Gasteiger partial charge in [-0.2, -0.15) is 0 Å². The molecular formula is C17H18BrNS. The minimum Gasteiger partial charge on any atom is -0.330 e. The van der Waals surface area contributed by atoms with Gasteiger partial charge >= 0.3 is 0 Å². The second-order valence-corrected chi connectivity index (χ2v) is 7.18. The molecule has 0 amide bonds. The van der Waals surface area contributed by atoms with E-state index in [0.717, 1.165) is 10.9 Å². The Bertz CT molecular complexity index is 624. The number of halogens is 1. The molecular weight excluding hydrogens is 330 g/mol. The van der Waals surface area contributed by atoms with Crippen molar-refractivity contribution in [2.24, 2.45) is 5.73 Å². The fourth-order valence-corrected chi connectivity index (χ4v) is 4.35. The summed E-state index contributed by atoms with van der Waals surface area (Å²) >= 11 is 5.48. The molecule has 3 rings (SSSR count). The topological polar surface area (TPSA) is 26.0 Å². The molecule has 0 atom stereocenters. The van der Waals surface area contributed by atoms with E-state index in [9.17, 15) is 0 Å². The van der Waals surface area contributed by atoms with E-state index in [1.807, 2.05) is 11.8 Å². The monoisotopic (exact) mass is 347 g/mol. The maximum absolute atomic E-state index is 5.62. The molecule has 0 bridgehead atoms. The molecule has 0 spiro atoms. The lowest BCUT2D eigenvalue weighted by Gasteiger charge is -2.08. The van der Waals surface area contributed by atoms with Crippen LogP contribution in [-0.2, 0) is 19.3 Å². The minimum absolute atomic E-state index is 0.690. The van der Waals surface area contributed by atoms with Crippen LogP contribution in [0.1, 0.15) is 23.1 Å². The summed E-state index contributed by atoms with van der Waals surface area (Å²) in [6.07, 6.45) is 4.72. The van der Waals surface area contributed by atoms with Crippen molar-refractivity contribution in [3.8, 4) is 0 Å². The summed E-state index contributed by atoms with van der Waals surface area (Å²) in [7, 11) is 0. The molecule has 2 aromatic carbocycles. The van der Waals surface area contributed by atoms with Crippen molar-refractivity contribution < 1.29 is 0 Å². The quantitative estimate of drug-likeness (QED) is 0.875. The molecule has 1 aliphatic carbocycles. The molecule has 0 aliphatic heterocycles. The van der Waals surface area contributed by atoms with Crippen LogP contribution in [-0.4, -0.2) is 6.54 Å². The third-order valence-corrected chi connectivity index (χ3v) is 5.46. The Morgan fingerprint density at radius 1 is 1.00 bits per heavy atom. The molecule has 20 heavy (non-hydrogen) atoms. The van der Waals surface area contributed by atoms with Crippen molar-refractivity contribution >= 4 is 27.7 Å². The van der Waals surface area contributed by atoms with Crippen LogP contribution in [0.3, 0.4) is 0 Å². The van der Waals surface area contributed by atoms with E-state index in [1.165, 1.54) is 45.7 Å². The number of fused-ring (bicyclic) bond motifs is 1. The summed E-state index contributed by atoms with van der Waals surface area (Å²) < 4.78 is 1.16. The van der Waals surface area contributed by atoms with Gasteiger partial charge in [-0.3, -0.25) is 0 Å². The Labute approximate surface area is 133 Å². The summed E-state index contributed by atoms with van der Waals surface area (Å²) in [6, 6.07) is 13.5. The van der Waals surface area contributed by atoms with Gasteiger partial charge in [-0.05, 0) is 73.2 Å². The number of rotatable bonds is 4. The smallest absolute Gasteiger partial charge is 0.0219 e. The molecule has 1 nitrogen and oxygen atoms in total. The van der Waals surface area contributed by atoms with Gasteiger partial charge in [-0.15, -0.1) is 0 Å². The number of hydrogen-bond acceptors (Lipinski definition) is 2.